The number of aromatic nitrogens is 3. The molecule has 1 amide bonds. The van der Waals surface area contributed by atoms with Crippen LogP contribution in [0.15, 0.2) is 36.8 Å². The molecule has 3 N–H and O–H groups in total. The van der Waals surface area contributed by atoms with E-state index in [-0.39, 0.29) is 11.6 Å². The Kier molecular flexibility index (Phi) is 3.95. The molecule has 1 aliphatic heterocycles. The zero-order chi connectivity index (χ0) is 18.3. The van der Waals surface area contributed by atoms with E-state index >= 15 is 0 Å². The minimum Gasteiger partial charge on any atom is -0.367 e. The number of fused-ring (bicyclic) bond motifs is 1. The molecule has 2 aromatic heterocycles. The quantitative estimate of drug-likeness (QED) is 0.747. The summed E-state index contributed by atoms with van der Waals surface area (Å²) in [6, 6.07) is 6.44. The van der Waals surface area contributed by atoms with Crippen molar-refractivity contribution in [2.75, 3.05) is 29.9 Å². The van der Waals surface area contributed by atoms with Crippen LogP contribution in [-0.2, 0) is 0 Å². The van der Waals surface area contributed by atoms with Crippen LogP contribution in [0.25, 0.3) is 11.0 Å². The summed E-state index contributed by atoms with van der Waals surface area (Å²) in [7, 11) is 1.86. The Hall–Kier alpha value is -3.16. The SMILES string of the molecule is CN(c1ccc(C(N)=O)cc1F)[C@@H]1CCN(c2ncnc3[nH]ccc23)C1. The summed E-state index contributed by atoms with van der Waals surface area (Å²) in [6.07, 6.45) is 4.27. The highest BCUT2D eigenvalue weighted by atomic mass is 19.1. The van der Waals surface area contributed by atoms with Crippen molar-refractivity contribution in [3.05, 3.63) is 48.2 Å². The second-order valence-corrected chi connectivity index (χ2v) is 6.47. The minimum absolute atomic E-state index is 0.132. The Labute approximate surface area is 149 Å². The molecule has 0 bridgehead atoms. The van der Waals surface area contributed by atoms with Crippen LogP contribution in [0.5, 0.6) is 0 Å². The summed E-state index contributed by atoms with van der Waals surface area (Å²) in [5.41, 5.74) is 6.64. The standard InChI is InChI=1S/C18H19FN6O/c1-24(15-3-2-11(16(20)26)8-14(15)19)12-5-7-25(9-12)18-13-4-6-21-17(13)22-10-23-18/h2-4,6,8,10,12H,5,7,9H2,1H3,(H2,20,26)(H,21,22,23)/t12-/m1/s1. The van der Waals surface area contributed by atoms with Gasteiger partial charge in [-0.25, -0.2) is 14.4 Å². The monoisotopic (exact) mass is 354 g/mol. The van der Waals surface area contributed by atoms with Crippen molar-refractivity contribution in [3.8, 4) is 0 Å². The van der Waals surface area contributed by atoms with E-state index in [0.717, 1.165) is 36.4 Å². The molecule has 134 valence electrons. The average Bonchev–Trinajstić information content (AvgIpc) is 3.30. The number of anilines is 2. The third kappa shape index (κ3) is 2.73. The fourth-order valence-corrected chi connectivity index (χ4v) is 3.50. The maximum absolute atomic E-state index is 14.4. The number of nitrogens with one attached hydrogen (secondary N) is 1. The number of aromatic amines is 1. The molecule has 1 saturated heterocycles. The zero-order valence-corrected chi connectivity index (χ0v) is 14.3. The molecule has 4 rings (SSSR count). The average molecular weight is 354 g/mol. The Morgan fingerprint density at radius 1 is 1.38 bits per heavy atom. The lowest BCUT2D eigenvalue weighted by molar-refractivity contribution is 0.1000. The van der Waals surface area contributed by atoms with Gasteiger partial charge >= 0.3 is 0 Å². The van der Waals surface area contributed by atoms with Gasteiger partial charge in [0.1, 0.15) is 23.6 Å². The topological polar surface area (TPSA) is 91.1 Å². The Bertz CT molecular complexity index is 971. The number of carbonyl (C=O) groups excluding carboxylic acids is 1. The molecule has 1 aliphatic rings. The summed E-state index contributed by atoms with van der Waals surface area (Å²) < 4.78 is 14.4. The highest BCUT2D eigenvalue weighted by molar-refractivity contribution is 5.93. The summed E-state index contributed by atoms with van der Waals surface area (Å²) in [5.74, 6) is -0.196. The largest absolute Gasteiger partial charge is 0.367 e. The van der Waals surface area contributed by atoms with E-state index in [0.29, 0.717) is 5.69 Å². The highest BCUT2D eigenvalue weighted by Gasteiger charge is 2.29. The first-order valence-electron chi connectivity index (χ1n) is 8.40. The van der Waals surface area contributed by atoms with E-state index in [4.69, 9.17) is 5.73 Å². The normalized spacial score (nSPS) is 17.0. The molecule has 7 nitrogen and oxygen atoms in total. The first-order chi connectivity index (χ1) is 12.5. The maximum Gasteiger partial charge on any atom is 0.248 e. The van der Waals surface area contributed by atoms with Crippen LogP contribution in [-0.4, -0.2) is 47.0 Å². The number of primary amides is 1. The molecule has 0 unspecified atom stereocenters. The number of carbonyl (C=O) groups is 1. The van der Waals surface area contributed by atoms with Crippen molar-refractivity contribution >= 4 is 28.4 Å². The number of amides is 1. The van der Waals surface area contributed by atoms with E-state index in [1.165, 1.54) is 6.07 Å². The molecule has 1 aromatic carbocycles. The van der Waals surface area contributed by atoms with Crippen LogP contribution in [0.4, 0.5) is 15.9 Å². The second-order valence-electron chi connectivity index (χ2n) is 6.47. The number of H-pyrrole nitrogens is 1. The third-order valence-corrected chi connectivity index (χ3v) is 4.96. The van der Waals surface area contributed by atoms with Crippen molar-refractivity contribution in [2.45, 2.75) is 12.5 Å². The summed E-state index contributed by atoms with van der Waals surface area (Å²) in [4.78, 5) is 27.0. The number of rotatable bonds is 4. The molecule has 0 spiro atoms. The smallest absolute Gasteiger partial charge is 0.248 e. The molecule has 26 heavy (non-hydrogen) atoms. The van der Waals surface area contributed by atoms with Gasteiger partial charge in [-0.2, -0.15) is 0 Å². The molecule has 3 aromatic rings. The lowest BCUT2D eigenvalue weighted by Gasteiger charge is -2.27. The minimum atomic E-state index is -0.635. The molecule has 1 atom stereocenters. The van der Waals surface area contributed by atoms with Gasteiger partial charge in [-0.3, -0.25) is 4.79 Å². The van der Waals surface area contributed by atoms with Gasteiger partial charge in [0.05, 0.1) is 11.1 Å². The zero-order valence-electron chi connectivity index (χ0n) is 14.3. The molecule has 0 saturated carbocycles. The van der Waals surface area contributed by atoms with Gasteiger partial charge in [0.15, 0.2) is 0 Å². The Balaban J connectivity index is 1.55. The van der Waals surface area contributed by atoms with Crippen molar-refractivity contribution in [1.82, 2.24) is 15.0 Å². The summed E-state index contributed by atoms with van der Waals surface area (Å²) in [6.45, 7) is 1.55. The number of nitrogens with two attached hydrogens (primary N) is 1. The lowest BCUT2D eigenvalue weighted by Crippen LogP contribution is -2.35. The fraction of sp³-hybridized carbons (Fsp3) is 0.278. The summed E-state index contributed by atoms with van der Waals surface area (Å²) >= 11 is 0. The van der Waals surface area contributed by atoms with E-state index in [2.05, 4.69) is 19.9 Å². The number of nitrogens with zero attached hydrogens (tertiary/aromatic N) is 4. The number of likely N-dealkylation sites (N-methyl/N-ethyl adjacent to an activating group) is 1. The van der Waals surface area contributed by atoms with Crippen molar-refractivity contribution in [3.63, 3.8) is 0 Å². The van der Waals surface area contributed by atoms with Gasteiger partial charge in [-0.1, -0.05) is 0 Å². The third-order valence-electron chi connectivity index (χ3n) is 4.96. The molecule has 0 radical (unpaired) electrons. The van der Waals surface area contributed by atoms with Crippen molar-refractivity contribution in [2.24, 2.45) is 5.73 Å². The molecular formula is C18H19FN6O. The predicted molar refractivity (Wildman–Crippen MR) is 97.8 cm³/mol. The molecule has 3 heterocycles. The second kappa shape index (κ2) is 6.29. The number of hydrogen-bond acceptors (Lipinski definition) is 5. The van der Waals surface area contributed by atoms with Gasteiger partial charge in [0.25, 0.3) is 0 Å². The van der Waals surface area contributed by atoms with Gasteiger partial charge in [0.2, 0.25) is 5.91 Å². The first kappa shape index (κ1) is 16.3. The van der Waals surface area contributed by atoms with Crippen LogP contribution < -0.4 is 15.5 Å². The van der Waals surface area contributed by atoms with Gasteiger partial charge in [-0.05, 0) is 30.7 Å². The van der Waals surface area contributed by atoms with Crippen molar-refractivity contribution in [1.29, 1.82) is 0 Å². The van der Waals surface area contributed by atoms with E-state index < -0.39 is 11.7 Å². The highest BCUT2D eigenvalue weighted by Crippen LogP contribution is 2.29. The number of halogens is 1. The first-order valence-corrected chi connectivity index (χ1v) is 8.40. The van der Waals surface area contributed by atoms with Crippen LogP contribution in [0, 0.1) is 5.82 Å². The van der Waals surface area contributed by atoms with E-state index in [1.807, 2.05) is 24.2 Å². The number of benzene rings is 1. The van der Waals surface area contributed by atoms with Crippen LogP contribution >= 0.6 is 0 Å². The maximum atomic E-state index is 14.4. The Morgan fingerprint density at radius 3 is 3.00 bits per heavy atom. The van der Waals surface area contributed by atoms with E-state index in [9.17, 15) is 9.18 Å². The van der Waals surface area contributed by atoms with Crippen LogP contribution in [0.1, 0.15) is 16.8 Å². The van der Waals surface area contributed by atoms with Crippen LogP contribution in [0.2, 0.25) is 0 Å². The lowest BCUT2D eigenvalue weighted by atomic mass is 10.1. The Morgan fingerprint density at radius 2 is 2.23 bits per heavy atom. The van der Waals surface area contributed by atoms with Gasteiger partial charge in [0, 0.05) is 37.9 Å². The predicted octanol–water partition coefficient (Wildman–Crippen LogP) is 1.91. The fourth-order valence-electron chi connectivity index (χ4n) is 3.50. The summed E-state index contributed by atoms with van der Waals surface area (Å²) in [5, 5.41) is 0.979. The van der Waals surface area contributed by atoms with Crippen molar-refractivity contribution < 1.29 is 9.18 Å². The molecular weight excluding hydrogens is 335 g/mol. The molecule has 0 aliphatic carbocycles. The molecule has 8 heteroatoms. The van der Waals surface area contributed by atoms with E-state index in [1.54, 1.807) is 18.5 Å². The van der Waals surface area contributed by atoms with Gasteiger partial charge < -0.3 is 20.5 Å². The number of hydrogen-bond donors (Lipinski definition) is 2. The molecule has 1 fully saturated rings. The van der Waals surface area contributed by atoms with Crippen LogP contribution in [0.3, 0.4) is 0 Å². The van der Waals surface area contributed by atoms with Gasteiger partial charge in [-0.15, -0.1) is 0 Å².